The Kier molecular flexibility index (Phi) is 8.01. The third-order valence-electron chi connectivity index (χ3n) is 6.81. The number of hydrogen-bond acceptors (Lipinski definition) is 5. The molecule has 2 heterocycles. The summed E-state index contributed by atoms with van der Waals surface area (Å²) >= 11 is 0. The van der Waals surface area contributed by atoms with Gasteiger partial charge in [0.15, 0.2) is 0 Å². The summed E-state index contributed by atoms with van der Waals surface area (Å²) in [5, 5.41) is 19.4. The van der Waals surface area contributed by atoms with Crippen molar-refractivity contribution >= 4 is 5.97 Å². The van der Waals surface area contributed by atoms with Gasteiger partial charge in [-0.3, -0.25) is 19.6 Å². The quantitative estimate of drug-likeness (QED) is 0.409. The second kappa shape index (κ2) is 10.9. The predicted molar refractivity (Wildman–Crippen MR) is 129 cm³/mol. The molecule has 0 amide bonds. The van der Waals surface area contributed by atoms with E-state index in [9.17, 15) is 41.4 Å². The van der Waals surface area contributed by atoms with Crippen molar-refractivity contribution in [3.8, 4) is 11.1 Å². The second-order valence-electron chi connectivity index (χ2n) is 9.40. The van der Waals surface area contributed by atoms with Crippen molar-refractivity contribution in [1.29, 1.82) is 0 Å². The van der Waals surface area contributed by atoms with E-state index in [1.165, 1.54) is 0 Å². The van der Waals surface area contributed by atoms with Gasteiger partial charge < -0.3 is 10.2 Å². The van der Waals surface area contributed by atoms with E-state index in [1.807, 2.05) is 17.0 Å². The van der Waals surface area contributed by atoms with Gasteiger partial charge in [0.25, 0.3) is 5.60 Å². The molecule has 4 rings (SSSR count). The van der Waals surface area contributed by atoms with Crippen LogP contribution in [0.15, 0.2) is 73.1 Å². The summed E-state index contributed by atoms with van der Waals surface area (Å²) < 4.78 is 78.8. The molecule has 6 nitrogen and oxygen atoms in total. The molecule has 1 saturated heterocycles. The molecule has 1 aliphatic heterocycles. The first-order valence-electron chi connectivity index (χ1n) is 11.9. The molecule has 0 spiro atoms. The molecule has 0 aliphatic carbocycles. The molecule has 0 saturated carbocycles. The molecule has 0 bridgehead atoms. The summed E-state index contributed by atoms with van der Waals surface area (Å²) in [6.45, 7) is 2.48. The topological polar surface area (TPSA) is 76.9 Å². The van der Waals surface area contributed by atoms with Crippen molar-refractivity contribution < 1.29 is 41.4 Å². The molecule has 1 aliphatic rings. The van der Waals surface area contributed by atoms with Gasteiger partial charge in [-0.1, -0.05) is 48.5 Å². The molecule has 1 aromatic heterocycles. The Bertz CT molecular complexity index is 1250. The highest BCUT2D eigenvalue weighted by molar-refractivity contribution is 5.74. The average Bonchev–Trinajstić information content (AvgIpc) is 2.89. The minimum atomic E-state index is -5.95. The van der Waals surface area contributed by atoms with Gasteiger partial charge in [-0.25, -0.2) is 0 Å². The number of carboxylic acids is 1. The maximum atomic E-state index is 13.1. The molecule has 0 unspecified atom stereocenters. The number of aliphatic hydroxyl groups is 1. The summed E-state index contributed by atoms with van der Waals surface area (Å²) in [6.07, 6.45) is -8.54. The van der Waals surface area contributed by atoms with Crippen molar-refractivity contribution in [2.24, 2.45) is 0 Å². The van der Waals surface area contributed by atoms with Gasteiger partial charge in [0, 0.05) is 50.7 Å². The fourth-order valence-electron chi connectivity index (χ4n) is 4.62. The summed E-state index contributed by atoms with van der Waals surface area (Å²) in [7, 11) is 0. The van der Waals surface area contributed by atoms with E-state index in [0.29, 0.717) is 56.0 Å². The molecular weight excluding hydrogens is 528 g/mol. The molecule has 39 heavy (non-hydrogen) atoms. The van der Waals surface area contributed by atoms with Gasteiger partial charge in [-0.15, -0.1) is 0 Å². The van der Waals surface area contributed by atoms with E-state index in [1.54, 1.807) is 36.7 Å². The number of nitrogens with zero attached hydrogens (tertiary/aromatic N) is 3. The number of aliphatic carboxylic acids is 1. The number of pyridine rings is 1. The number of aromatic nitrogens is 1. The van der Waals surface area contributed by atoms with Gasteiger partial charge in [0.05, 0.1) is 0 Å². The first-order valence-corrected chi connectivity index (χ1v) is 11.9. The maximum absolute atomic E-state index is 13.1. The van der Waals surface area contributed by atoms with Crippen molar-refractivity contribution in [2.45, 2.75) is 37.1 Å². The van der Waals surface area contributed by atoms with E-state index in [-0.39, 0.29) is 0 Å². The third-order valence-corrected chi connectivity index (χ3v) is 6.81. The number of carbonyl (C=O) groups is 1. The normalized spacial score (nSPS) is 17.8. The number of piperazine rings is 1. The molecular formula is C27H25F6N3O3. The number of halogens is 6. The number of rotatable bonds is 7. The van der Waals surface area contributed by atoms with E-state index in [2.05, 4.69) is 9.88 Å². The summed E-state index contributed by atoms with van der Waals surface area (Å²) in [5.74, 6) is -0.941. The highest BCUT2D eigenvalue weighted by atomic mass is 19.4. The van der Waals surface area contributed by atoms with Crippen LogP contribution in [0.4, 0.5) is 26.3 Å². The van der Waals surface area contributed by atoms with Crippen LogP contribution in [0.5, 0.6) is 0 Å². The largest absolute Gasteiger partial charge is 0.480 e. The standard InChI is InChI=1S/C27H25F6N3O3/c28-26(29,30)25(39,27(31,32)33)22-7-5-21(6-8-22)20-3-1-18(2-4-20)16-36-14-13-35(17-23(36)24(37)38)15-19-9-11-34-12-10-19/h1-12,23,39H,13-17H2,(H,37,38)/t23-/m1/s1. The van der Waals surface area contributed by atoms with Crippen LogP contribution in [-0.2, 0) is 23.5 Å². The SMILES string of the molecule is O=C(O)[C@H]1CN(Cc2ccncc2)CCN1Cc1ccc(-c2ccc(C(O)(C(F)(F)F)C(F)(F)F)cc2)cc1. The molecule has 2 N–H and O–H groups in total. The summed E-state index contributed by atoms with van der Waals surface area (Å²) in [5.41, 5.74) is -3.59. The minimum Gasteiger partial charge on any atom is -0.480 e. The van der Waals surface area contributed by atoms with Gasteiger partial charge in [-0.2, -0.15) is 26.3 Å². The Balaban J connectivity index is 1.44. The third kappa shape index (κ3) is 6.07. The molecule has 12 heteroatoms. The van der Waals surface area contributed by atoms with Gasteiger partial charge >= 0.3 is 18.3 Å². The van der Waals surface area contributed by atoms with Crippen molar-refractivity contribution in [3.05, 3.63) is 89.7 Å². The van der Waals surface area contributed by atoms with E-state index < -0.39 is 35.5 Å². The summed E-state index contributed by atoms with van der Waals surface area (Å²) in [6, 6.07) is 13.2. The van der Waals surface area contributed by atoms with Crippen LogP contribution in [0.3, 0.4) is 0 Å². The highest BCUT2D eigenvalue weighted by Crippen LogP contribution is 2.50. The van der Waals surface area contributed by atoms with Gasteiger partial charge in [0.1, 0.15) is 6.04 Å². The van der Waals surface area contributed by atoms with Crippen LogP contribution in [0.1, 0.15) is 16.7 Å². The fraction of sp³-hybridized carbons (Fsp3) is 0.333. The lowest BCUT2D eigenvalue weighted by molar-refractivity contribution is -0.376. The zero-order valence-electron chi connectivity index (χ0n) is 20.5. The average molecular weight is 554 g/mol. The number of benzene rings is 2. The number of carboxylic acid groups (broad SMARTS) is 1. The van der Waals surface area contributed by atoms with E-state index >= 15 is 0 Å². The van der Waals surface area contributed by atoms with Crippen LogP contribution >= 0.6 is 0 Å². The lowest BCUT2D eigenvalue weighted by Crippen LogP contribution is -2.55. The molecule has 1 atom stereocenters. The monoisotopic (exact) mass is 553 g/mol. The van der Waals surface area contributed by atoms with Crippen LogP contribution in [-0.4, -0.2) is 69.0 Å². The number of alkyl halides is 6. The fourth-order valence-corrected chi connectivity index (χ4v) is 4.62. The summed E-state index contributed by atoms with van der Waals surface area (Å²) in [4.78, 5) is 19.9. The zero-order valence-corrected chi connectivity index (χ0v) is 20.5. The number of hydrogen-bond donors (Lipinski definition) is 2. The first kappa shape index (κ1) is 28.5. The van der Waals surface area contributed by atoms with Crippen LogP contribution < -0.4 is 0 Å². The Morgan fingerprint density at radius 3 is 1.82 bits per heavy atom. The second-order valence-corrected chi connectivity index (χ2v) is 9.40. The smallest absolute Gasteiger partial charge is 0.430 e. The van der Waals surface area contributed by atoms with Crippen LogP contribution in [0.25, 0.3) is 11.1 Å². The molecule has 3 aromatic rings. The highest BCUT2D eigenvalue weighted by Gasteiger charge is 2.71. The zero-order chi connectivity index (χ0) is 28.4. The predicted octanol–water partition coefficient (Wildman–Crippen LogP) is 4.83. The Morgan fingerprint density at radius 2 is 1.31 bits per heavy atom. The lowest BCUT2D eigenvalue weighted by Gasteiger charge is -2.39. The maximum Gasteiger partial charge on any atom is 0.430 e. The molecule has 208 valence electrons. The van der Waals surface area contributed by atoms with Crippen molar-refractivity contribution in [1.82, 2.24) is 14.8 Å². The van der Waals surface area contributed by atoms with E-state index in [0.717, 1.165) is 23.3 Å². The van der Waals surface area contributed by atoms with Gasteiger partial charge in [0.2, 0.25) is 0 Å². The Hall–Kier alpha value is -3.48. The minimum absolute atomic E-state index is 0.338. The van der Waals surface area contributed by atoms with Crippen molar-refractivity contribution in [3.63, 3.8) is 0 Å². The molecule has 2 aromatic carbocycles. The Morgan fingerprint density at radius 1 is 0.795 bits per heavy atom. The van der Waals surface area contributed by atoms with Crippen molar-refractivity contribution in [2.75, 3.05) is 19.6 Å². The van der Waals surface area contributed by atoms with Crippen LogP contribution in [0, 0.1) is 0 Å². The first-order chi connectivity index (χ1) is 18.3. The molecule has 1 fully saturated rings. The molecule has 0 radical (unpaired) electrons. The Labute approximate surface area is 220 Å². The van der Waals surface area contributed by atoms with Gasteiger partial charge in [-0.05, 0) is 34.4 Å². The van der Waals surface area contributed by atoms with Crippen LogP contribution in [0.2, 0.25) is 0 Å². The lowest BCUT2D eigenvalue weighted by atomic mass is 9.90. The van der Waals surface area contributed by atoms with E-state index in [4.69, 9.17) is 0 Å².